The third-order valence-corrected chi connectivity index (χ3v) is 5.93. The molecule has 3 aliphatic heterocycles. The minimum Gasteiger partial charge on any atom is -0.374 e. The van der Waals surface area contributed by atoms with Crippen molar-refractivity contribution in [2.24, 2.45) is 11.8 Å². The van der Waals surface area contributed by atoms with Crippen molar-refractivity contribution in [1.29, 1.82) is 0 Å². The fourth-order valence-electron chi connectivity index (χ4n) is 4.59. The van der Waals surface area contributed by atoms with Crippen LogP contribution in [0.3, 0.4) is 0 Å². The Morgan fingerprint density at radius 3 is 2.39 bits per heavy atom. The van der Waals surface area contributed by atoms with Crippen LogP contribution in [-0.4, -0.2) is 36.2 Å². The number of aryl methyl sites for hydroxylation is 1. The summed E-state index contributed by atoms with van der Waals surface area (Å²) in [5.74, 6) is 1.14. The molecule has 3 aliphatic rings. The quantitative estimate of drug-likeness (QED) is 0.930. The lowest BCUT2D eigenvalue weighted by Gasteiger charge is -2.24. The lowest BCUT2D eigenvalue weighted by Crippen LogP contribution is -2.41. The number of urea groups is 1. The maximum Gasteiger partial charge on any atom is 0.317 e. The summed E-state index contributed by atoms with van der Waals surface area (Å²) in [6, 6.07) is 8.65. The molecule has 0 radical (unpaired) electrons. The fourth-order valence-corrected chi connectivity index (χ4v) is 4.59. The summed E-state index contributed by atoms with van der Waals surface area (Å²) in [4.78, 5) is 14.7. The second-order valence-electron chi connectivity index (χ2n) is 7.34. The van der Waals surface area contributed by atoms with Gasteiger partial charge in [0.1, 0.15) is 0 Å². The van der Waals surface area contributed by atoms with Gasteiger partial charge >= 0.3 is 6.03 Å². The van der Waals surface area contributed by atoms with Gasteiger partial charge in [0.25, 0.3) is 0 Å². The van der Waals surface area contributed by atoms with Gasteiger partial charge in [-0.2, -0.15) is 0 Å². The first-order valence-electron chi connectivity index (χ1n) is 8.93. The molecule has 3 heterocycles. The van der Waals surface area contributed by atoms with Crippen molar-refractivity contribution in [2.75, 3.05) is 13.1 Å². The molecule has 0 unspecified atom stereocenters. The van der Waals surface area contributed by atoms with Gasteiger partial charge in [-0.15, -0.1) is 0 Å². The average molecular weight is 314 g/mol. The van der Waals surface area contributed by atoms with Crippen LogP contribution in [0.25, 0.3) is 0 Å². The molecule has 23 heavy (non-hydrogen) atoms. The number of amides is 2. The van der Waals surface area contributed by atoms with Gasteiger partial charge in [-0.05, 0) is 31.7 Å². The number of nitrogens with zero attached hydrogens (tertiary/aromatic N) is 1. The zero-order chi connectivity index (χ0) is 16.0. The number of rotatable bonds is 3. The Balaban J connectivity index is 1.40. The van der Waals surface area contributed by atoms with E-state index >= 15 is 0 Å². The molecule has 3 saturated heterocycles. The molecule has 5 atom stereocenters. The fraction of sp³-hybridized carbons (Fsp3) is 0.632. The third kappa shape index (κ3) is 2.63. The molecule has 3 fully saturated rings. The lowest BCUT2D eigenvalue weighted by molar-refractivity contribution is 0.0737. The highest BCUT2D eigenvalue weighted by Crippen LogP contribution is 2.47. The van der Waals surface area contributed by atoms with E-state index < -0.39 is 0 Å². The Morgan fingerprint density at radius 2 is 1.83 bits per heavy atom. The molecule has 2 bridgehead atoms. The molecular formula is C19H26N2O2. The van der Waals surface area contributed by atoms with Crippen LogP contribution in [0.4, 0.5) is 4.79 Å². The molecule has 4 heteroatoms. The van der Waals surface area contributed by atoms with E-state index in [9.17, 15) is 4.79 Å². The molecule has 0 spiro atoms. The summed E-state index contributed by atoms with van der Waals surface area (Å²) >= 11 is 0. The van der Waals surface area contributed by atoms with E-state index in [1.54, 1.807) is 0 Å². The van der Waals surface area contributed by atoms with Crippen LogP contribution < -0.4 is 5.32 Å². The van der Waals surface area contributed by atoms with Crippen molar-refractivity contribution >= 4 is 6.03 Å². The predicted molar refractivity (Wildman–Crippen MR) is 89.2 cm³/mol. The van der Waals surface area contributed by atoms with Gasteiger partial charge in [0.2, 0.25) is 0 Å². The summed E-state index contributed by atoms with van der Waals surface area (Å²) in [6.07, 6.45) is 4.08. The summed E-state index contributed by atoms with van der Waals surface area (Å²) in [6.45, 7) is 5.93. The van der Waals surface area contributed by atoms with E-state index in [-0.39, 0.29) is 12.1 Å². The van der Waals surface area contributed by atoms with Gasteiger partial charge < -0.3 is 15.0 Å². The third-order valence-electron chi connectivity index (χ3n) is 5.93. The van der Waals surface area contributed by atoms with Crippen LogP contribution >= 0.6 is 0 Å². The largest absolute Gasteiger partial charge is 0.374 e. The van der Waals surface area contributed by atoms with Crippen LogP contribution in [0.1, 0.15) is 43.4 Å². The monoisotopic (exact) mass is 314 g/mol. The molecular weight excluding hydrogens is 288 g/mol. The molecule has 1 aromatic carbocycles. The van der Waals surface area contributed by atoms with Gasteiger partial charge in [0.15, 0.2) is 0 Å². The number of carbonyl (C=O) groups excluding carboxylic acids is 1. The van der Waals surface area contributed by atoms with Crippen molar-refractivity contribution in [3.63, 3.8) is 0 Å². The number of likely N-dealkylation sites (tertiary alicyclic amines) is 1. The Bertz CT molecular complexity index is 568. The van der Waals surface area contributed by atoms with Crippen LogP contribution in [0.5, 0.6) is 0 Å². The number of benzene rings is 1. The van der Waals surface area contributed by atoms with Gasteiger partial charge in [-0.25, -0.2) is 4.79 Å². The van der Waals surface area contributed by atoms with E-state index in [1.807, 2.05) is 4.90 Å². The highest BCUT2D eigenvalue weighted by molar-refractivity contribution is 5.75. The molecule has 124 valence electrons. The van der Waals surface area contributed by atoms with Crippen LogP contribution in [-0.2, 0) is 4.74 Å². The van der Waals surface area contributed by atoms with Gasteiger partial charge in [-0.1, -0.05) is 36.8 Å². The topological polar surface area (TPSA) is 41.6 Å². The Labute approximate surface area is 138 Å². The smallest absolute Gasteiger partial charge is 0.317 e. The zero-order valence-corrected chi connectivity index (χ0v) is 14.0. The van der Waals surface area contributed by atoms with E-state index in [2.05, 4.69) is 43.4 Å². The van der Waals surface area contributed by atoms with E-state index in [0.29, 0.717) is 24.0 Å². The number of fused-ring (bicyclic) bond motifs is 5. The SMILES string of the molecule is CC[C@H](NC(=O)N1C[C@H]2[C@H](C1)[C@H]1CC[C@H]2O1)c1ccc(C)cc1. The molecule has 0 saturated carbocycles. The first-order valence-corrected chi connectivity index (χ1v) is 8.93. The second kappa shape index (κ2) is 5.82. The van der Waals surface area contributed by atoms with E-state index in [1.165, 1.54) is 24.0 Å². The highest BCUT2D eigenvalue weighted by Gasteiger charge is 2.53. The Morgan fingerprint density at radius 1 is 1.22 bits per heavy atom. The average Bonchev–Trinajstić information content (AvgIpc) is 3.25. The van der Waals surface area contributed by atoms with E-state index in [0.717, 1.165) is 19.5 Å². The summed E-state index contributed by atoms with van der Waals surface area (Å²) < 4.78 is 5.99. The second-order valence-corrected chi connectivity index (χ2v) is 7.34. The van der Waals surface area contributed by atoms with Crippen molar-refractivity contribution in [3.05, 3.63) is 35.4 Å². The number of nitrogens with one attached hydrogen (secondary N) is 1. The normalized spacial score (nSPS) is 32.9. The molecule has 0 aliphatic carbocycles. The standard InChI is InChI=1S/C19H26N2O2/c1-3-16(13-6-4-12(2)5-7-13)20-19(22)21-10-14-15(11-21)18-9-8-17(14)23-18/h4-7,14-18H,3,8-11H2,1-2H3,(H,20,22)/t14-,15-,16-,17+,18+/m0/s1. The van der Waals surface area contributed by atoms with Crippen molar-refractivity contribution in [2.45, 2.75) is 51.4 Å². The Hall–Kier alpha value is -1.55. The van der Waals surface area contributed by atoms with Gasteiger partial charge in [0.05, 0.1) is 18.2 Å². The van der Waals surface area contributed by atoms with Crippen LogP contribution in [0.2, 0.25) is 0 Å². The summed E-state index contributed by atoms with van der Waals surface area (Å²) in [5.41, 5.74) is 2.44. The van der Waals surface area contributed by atoms with Crippen molar-refractivity contribution in [1.82, 2.24) is 10.2 Å². The summed E-state index contributed by atoms with van der Waals surface area (Å²) in [7, 11) is 0. The molecule has 1 N–H and O–H groups in total. The predicted octanol–water partition coefficient (Wildman–Crippen LogP) is 3.26. The first-order chi connectivity index (χ1) is 11.2. The van der Waals surface area contributed by atoms with Gasteiger partial charge in [-0.3, -0.25) is 0 Å². The maximum absolute atomic E-state index is 12.7. The Kier molecular flexibility index (Phi) is 3.80. The lowest BCUT2D eigenvalue weighted by atomic mass is 9.82. The minimum absolute atomic E-state index is 0.0891. The first kappa shape index (κ1) is 15.0. The molecule has 2 amide bonds. The number of hydrogen-bond acceptors (Lipinski definition) is 2. The maximum atomic E-state index is 12.7. The minimum atomic E-state index is 0.0891. The summed E-state index contributed by atoms with van der Waals surface area (Å²) in [5, 5.41) is 3.23. The van der Waals surface area contributed by atoms with Crippen LogP contribution in [0, 0.1) is 18.8 Å². The molecule has 1 aromatic rings. The number of hydrogen-bond donors (Lipinski definition) is 1. The molecule has 4 rings (SSSR count). The van der Waals surface area contributed by atoms with Crippen LogP contribution in [0.15, 0.2) is 24.3 Å². The highest BCUT2D eigenvalue weighted by atomic mass is 16.5. The van der Waals surface area contributed by atoms with Crippen molar-refractivity contribution in [3.8, 4) is 0 Å². The molecule has 4 nitrogen and oxygen atoms in total. The van der Waals surface area contributed by atoms with Gasteiger partial charge in [0, 0.05) is 24.9 Å². The molecule has 0 aromatic heterocycles. The zero-order valence-electron chi connectivity index (χ0n) is 14.0. The number of carbonyl (C=O) groups is 1. The van der Waals surface area contributed by atoms with Crippen molar-refractivity contribution < 1.29 is 9.53 Å². The van der Waals surface area contributed by atoms with E-state index in [4.69, 9.17) is 4.74 Å². The number of ether oxygens (including phenoxy) is 1.